The predicted octanol–water partition coefficient (Wildman–Crippen LogP) is 7.49. The van der Waals surface area contributed by atoms with Gasteiger partial charge < -0.3 is 4.90 Å². The van der Waals surface area contributed by atoms with Crippen molar-refractivity contribution < 1.29 is 1.37 Å². The van der Waals surface area contributed by atoms with Crippen LogP contribution in [0.4, 0.5) is 11.4 Å². The van der Waals surface area contributed by atoms with Gasteiger partial charge in [-0.1, -0.05) is 69.3 Å². The number of benzene rings is 3. The van der Waals surface area contributed by atoms with Crippen LogP contribution in [0.1, 0.15) is 59.6 Å². The van der Waals surface area contributed by atoms with Crippen molar-refractivity contribution in [3.63, 3.8) is 0 Å². The van der Waals surface area contributed by atoms with E-state index in [0.717, 1.165) is 16.9 Å². The Bertz CT molecular complexity index is 1040. The maximum atomic E-state index is 8.85. The molecule has 3 aromatic rings. The van der Waals surface area contributed by atoms with E-state index < -0.39 is 0 Å². The molecule has 0 bridgehead atoms. The Morgan fingerprint density at radius 3 is 2.14 bits per heavy atom. The first-order valence-electron chi connectivity index (χ1n) is 10.8. The smallest absolute Gasteiger partial charge is 0.0451 e. The van der Waals surface area contributed by atoms with E-state index in [-0.39, 0.29) is 17.4 Å². The van der Waals surface area contributed by atoms with Gasteiger partial charge in [-0.3, -0.25) is 0 Å². The molecule has 1 unspecified atom stereocenters. The van der Waals surface area contributed by atoms with E-state index in [0.29, 0.717) is 0 Å². The molecule has 0 fully saturated rings. The highest BCUT2D eigenvalue weighted by Gasteiger charge is 2.39. The lowest BCUT2D eigenvalue weighted by atomic mass is 9.79. The molecule has 0 amide bonds. The quantitative estimate of drug-likeness (QED) is 0.461. The first kappa shape index (κ1) is 17.6. The molecule has 1 atom stereocenters. The lowest BCUT2D eigenvalue weighted by Gasteiger charge is -2.40. The van der Waals surface area contributed by atoms with Gasteiger partial charge in [-0.05, 0) is 73.2 Å². The fourth-order valence-electron chi connectivity index (χ4n) is 4.86. The van der Waals surface area contributed by atoms with Gasteiger partial charge in [0.05, 0.1) is 0 Å². The van der Waals surface area contributed by atoms with Crippen LogP contribution in [-0.4, -0.2) is 5.54 Å². The molecule has 28 heavy (non-hydrogen) atoms. The van der Waals surface area contributed by atoms with Crippen LogP contribution in [0.25, 0.3) is 11.1 Å². The Balaban J connectivity index is 2.04. The normalized spacial score (nSPS) is 16.1. The molecule has 0 saturated carbocycles. The number of anilines is 2. The summed E-state index contributed by atoms with van der Waals surface area (Å²) in [6.07, 6.45) is -0.318. The first-order chi connectivity index (χ1) is 13.6. The van der Waals surface area contributed by atoms with E-state index in [1.807, 2.05) is 6.92 Å². The summed E-state index contributed by atoms with van der Waals surface area (Å²) in [5.41, 5.74) is 8.47. The highest BCUT2D eigenvalue weighted by atomic mass is 15.2. The molecule has 1 heteroatoms. The van der Waals surface area contributed by atoms with Crippen molar-refractivity contribution in [2.75, 3.05) is 4.90 Å². The number of hydrogen-bond acceptors (Lipinski definition) is 1. The van der Waals surface area contributed by atoms with Crippen LogP contribution in [0.2, 0.25) is 0 Å². The molecular formula is C27H31N. The van der Waals surface area contributed by atoms with E-state index in [1.165, 1.54) is 22.3 Å². The molecule has 4 rings (SSSR count). The molecular weight excluding hydrogens is 338 g/mol. The average molecular weight is 371 g/mol. The molecule has 0 N–H and O–H groups in total. The van der Waals surface area contributed by atoms with Gasteiger partial charge in [-0.15, -0.1) is 0 Å². The molecule has 1 aliphatic carbocycles. The zero-order valence-corrected chi connectivity index (χ0v) is 17.9. The SMILES string of the molecule is [2H]C(C)c1c(N(c2ccccc2)C(C)(C)C)ccc2c1C(C)(C)c1ccccc1-2. The van der Waals surface area contributed by atoms with Gasteiger partial charge in [0.2, 0.25) is 0 Å². The third kappa shape index (κ3) is 2.76. The maximum Gasteiger partial charge on any atom is 0.0451 e. The van der Waals surface area contributed by atoms with Crippen molar-refractivity contribution in [3.05, 3.63) is 83.4 Å². The summed E-state index contributed by atoms with van der Waals surface area (Å²) in [6.45, 7) is 13.3. The van der Waals surface area contributed by atoms with Crippen LogP contribution in [0.15, 0.2) is 66.7 Å². The van der Waals surface area contributed by atoms with Crippen LogP contribution in [0.3, 0.4) is 0 Å². The van der Waals surface area contributed by atoms with Crippen LogP contribution < -0.4 is 4.90 Å². The van der Waals surface area contributed by atoms with E-state index in [1.54, 1.807) is 0 Å². The molecule has 0 aromatic heterocycles. The fourth-order valence-corrected chi connectivity index (χ4v) is 4.86. The highest BCUT2D eigenvalue weighted by Crippen LogP contribution is 2.52. The second kappa shape index (κ2) is 6.51. The minimum absolute atomic E-state index is 0.116. The number of para-hydroxylation sites is 1. The highest BCUT2D eigenvalue weighted by molar-refractivity contribution is 5.86. The maximum absolute atomic E-state index is 8.85. The first-order valence-corrected chi connectivity index (χ1v) is 10.2. The fraction of sp³-hybridized carbons (Fsp3) is 0.333. The molecule has 0 heterocycles. The summed E-state index contributed by atoms with van der Waals surface area (Å²) >= 11 is 0. The van der Waals surface area contributed by atoms with Crippen molar-refractivity contribution in [2.24, 2.45) is 0 Å². The van der Waals surface area contributed by atoms with Gasteiger partial charge in [0.15, 0.2) is 0 Å². The van der Waals surface area contributed by atoms with Gasteiger partial charge in [0.1, 0.15) is 0 Å². The van der Waals surface area contributed by atoms with Gasteiger partial charge in [0, 0.05) is 23.7 Å². The van der Waals surface area contributed by atoms with Crippen LogP contribution in [0, 0.1) is 0 Å². The van der Waals surface area contributed by atoms with E-state index in [2.05, 4.69) is 106 Å². The number of rotatable bonds is 3. The second-order valence-electron chi connectivity index (χ2n) is 9.22. The van der Waals surface area contributed by atoms with Crippen LogP contribution >= 0.6 is 0 Å². The minimum atomic E-state index is -0.318. The number of fused-ring (bicyclic) bond motifs is 3. The lowest BCUT2D eigenvalue weighted by molar-refractivity contribution is 0.557. The van der Waals surface area contributed by atoms with Crippen molar-refractivity contribution >= 4 is 11.4 Å². The molecule has 0 radical (unpaired) electrons. The number of nitrogens with zero attached hydrogens (tertiary/aromatic N) is 1. The van der Waals surface area contributed by atoms with Crippen LogP contribution in [0.5, 0.6) is 0 Å². The summed E-state index contributed by atoms with van der Waals surface area (Å²) in [5.74, 6) is 0. The van der Waals surface area contributed by atoms with E-state index >= 15 is 0 Å². The zero-order chi connectivity index (χ0) is 21.0. The summed E-state index contributed by atoms with van der Waals surface area (Å²) in [6, 6.07) is 23.8. The zero-order valence-electron chi connectivity index (χ0n) is 18.9. The predicted molar refractivity (Wildman–Crippen MR) is 122 cm³/mol. The second-order valence-corrected chi connectivity index (χ2v) is 9.22. The standard InChI is InChI=1S/C27H31N/c1-7-20-24(28(26(2,3)4)19-13-9-8-10-14-19)18-17-22-21-15-11-12-16-23(21)27(5,6)25(20)22/h8-18H,7H2,1-6H3/i7D. The van der Waals surface area contributed by atoms with Gasteiger partial charge in [0.25, 0.3) is 0 Å². The Kier molecular flexibility index (Phi) is 4.08. The molecule has 0 saturated heterocycles. The number of hydrogen-bond donors (Lipinski definition) is 0. The molecule has 3 aromatic carbocycles. The average Bonchev–Trinajstić information content (AvgIpc) is 2.89. The third-order valence-corrected chi connectivity index (χ3v) is 5.95. The largest absolute Gasteiger partial charge is 0.336 e. The minimum Gasteiger partial charge on any atom is -0.336 e. The summed E-state index contributed by atoms with van der Waals surface area (Å²) < 4.78 is 8.85. The molecule has 0 spiro atoms. The summed E-state index contributed by atoms with van der Waals surface area (Å²) in [7, 11) is 0. The lowest BCUT2D eigenvalue weighted by Crippen LogP contribution is -2.38. The van der Waals surface area contributed by atoms with Gasteiger partial charge in [-0.2, -0.15) is 0 Å². The van der Waals surface area contributed by atoms with Crippen molar-refractivity contribution in [2.45, 2.75) is 58.9 Å². The molecule has 144 valence electrons. The Labute approximate surface area is 171 Å². The Hall–Kier alpha value is -2.54. The molecule has 0 aliphatic heterocycles. The summed E-state index contributed by atoms with van der Waals surface area (Å²) in [4.78, 5) is 2.40. The van der Waals surface area contributed by atoms with E-state index in [4.69, 9.17) is 1.37 Å². The van der Waals surface area contributed by atoms with Gasteiger partial charge in [-0.25, -0.2) is 0 Å². The van der Waals surface area contributed by atoms with Gasteiger partial charge >= 0.3 is 0 Å². The summed E-state index contributed by atoms with van der Waals surface area (Å²) in [5, 5.41) is 0. The van der Waals surface area contributed by atoms with E-state index in [9.17, 15) is 0 Å². The van der Waals surface area contributed by atoms with Crippen LogP contribution in [-0.2, 0) is 11.8 Å². The van der Waals surface area contributed by atoms with Crippen molar-refractivity contribution in [1.29, 1.82) is 0 Å². The van der Waals surface area contributed by atoms with Crippen molar-refractivity contribution in [1.82, 2.24) is 0 Å². The monoisotopic (exact) mass is 370 g/mol. The third-order valence-electron chi connectivity index (χ3n) is 5.95. The Morgan fingerprint density at radius 2 is 1.50 bits per heavy atom. The van der Waals surface area contributed by atoms with Crippen molar-refractivity contribution in [3.8, 4) is 11.1 Å². The Morgan fingerprint density at radius 1 is 0.857 bits per heavy atom. The topological polar surface area (TPSA) is 3.24 Å². The molecule has 1 aliphatic rings. The molecule has 1 nitrogen and oxygen atoms in total.